The highest BCUT2D eigenvalue weighted by atomic mass is 16.3. The van der Waals surface area contributed by atoms with Gasteiger partial charge in [-0.25, -0.2) is 0 Å². The van der Waals surface area contributed by atoms with Crippen LogP contribution in [0.25, 0.3) is 43.9 Å². The Balaban J connectivity index is 1.63. The van der Waals surface area contributed by atoms with Crippen LogP contribution in [0.15, 0.2) is 93.8 Å². The van der Waals surface area contributed by atoms with Crippen molar-refractivity contribution < 1.29 is 13.6 Å². The van der Waals surface area contributed by atoms with E-state index in [4.69, 9.17) is 8.83 Å². The SMILES string of the molecule is O=C(c1cccc2c1oc1ccccc12)c1cccc2c1oc1ccccc12. The maximum Gasteiger partial charge on any atom is 0.200 e. The van der Waals surface area contributed by atoms with Crippen LogP contribution in [0.5, 0.6) is 0 Å². The van der Waals surface area contributed by atoms with Crippen molar-refractivity contribution >= 4 is 49.7 Å². The maximum absolute atomic E-state index is 13.5. The number of carbonyl (C=O) groups excluding carboxylic acids is 1. The van der Waals surface area contributed by atoms with E-state index in [-0.39, 0.29) is 5.78 Å². The Bertz CT molecular complexity index is 1420. The lowest BCUT2D eigenvalue weighted by molar-refractivity contribution is 0.104. The van der Waals surface area contributed by atoms with Crippen LogP contribution in [0.1, 0.15) is 15.9 Å². The van der Waals surface area contributed by atoms with E-state index in [9.17, 15) is 4.79 Å². The van der Waals surface area contributed by atoms with Crippen LogP contribution >= 0.6 is 0 Å². The van der Waals surface area contributed by atoms with Gasteiger partial charge in [0.2, 0.25) is 5.78 Å². The number of ketones is 1. The summed E-state index contributed by atoms with van der Waals surface area (Å²) in [6, 6.07) is 27.1. The molecule has 0 amide bonds. The third-order valence-electron chi connectivity index (χ3n) is 5.30. The first-order valence-electron chi connectivity index (χ1n) is 9.16. The topological polar surface area (TPSA) is 43.4 Å². The van der Waals surface area contributed by atoms with E-state index in [1.807, 2.05) is 84.9 Å². The molecule has 3 nitrogen and oxygen atoms in total. The first kappa shape index (κ1) is 15.2. The smallest absolute Gasteiger partial charge is 0.200 e. The summed E-state index contributed by atoms with van der Waals surface area (Å²) in [5, 5.41) is 3.90. The summed E-state index contributed by atoms with van der Waals surface area (Å²) in [6.45, 7) is 0. The van der Waals surface area contributed by atoms with Crippen LogP contribution in [0.3, 0.4) is 0 Å². The van der Waals surface area contributed by atoms with E-state index >= 15 is 0 Å². The monoisotopic (exact) mass is 362 g/mol. The fourth-order valence-corrected chi connectivity index (χ4v) is 4.00. The number of carbonyl (C=O) groups is 1. The fourth-order valence-electron chi connectivity index (χ4n) is 4.00. The summed E-state index contributed by atoms with van der Waals surface area (Å²) < 4.78 is 12.1. The number of para-hydroxylation sites is 4. The van der Waals surface area contributed by atoms with Crippen LogP contribution in [0.4, 0.5) is 0 Å². The second kappa shape index (κ2) is 5.57. The zero-order chi connectivity index (χ0) is 18.7. The summed E-state index contributed by atoms with van der Waals surface area (Å²) >= 11 is 0. The molecule has 0 bridgehead atoms. The van der Waals surface area contributed by atoms with E-state index < -0.39 is 0 Å². The van der Waals surface area contributed by atoms with Crippen molar-refractivity contribution in [3.8, 4) is 0 Å². The normalized spacial score (nSPS) is 11.7. The summed E-state index contributed by atoms with van der Waals surface area (Å²) in [4.78, 5) is 13.5. The highest BCUT2D eigenvalue weighted by Crippen LogP contribution is 2.35. The number of fused-ring (bicyclic) bond motifs is 6. The number of hydrogen-bond acceptors (Lipinski definition) is 3. The third kappa shape index (κ3) is 2.01. The molecule has 0 saturated heterocycles. The van der Waals surface area contributed by atoms with Crippen molar-refractivity contribution in [1.29, 1.82) is 0 Å². The van der Waals surface area contributed by atoms with Gasteiger partial charge in [0.15, 0.2) is 0 Å². The van der Waals surface area contributed by atoms with Crippen LogP contribution in [-0.2, 0) is 0 Å². The second-order valence-corrected chi connectivity index (χ2v) is 6.89. The fraction of sp³-hybridized carbons (Fsp3) is 0. The van der Waals surface area contributed by atoms with Crippen LogP contribution in [-0.4, -0.2) is 5.78 Å². The number of furan rings is 2. The van der Waals surface area contributed by atoms with Crippen molar-refractivity contribution in [3.05, 3.63) is 96.1 Å². The Morgan fingerprint density at radius 1 is 0.500 bits per heavy atom. The summed E-state index contributed by atoms with van der Waals surface area (Å²) in [6.07, 6.45) is 0. The van der Waals surface area contributed by atoms with Crippen molar-refractivity contribution in [3.63, 3.8) is 0 Å². The van der Waals surface area contributed by atoms with Crippen LogP contribution in [0.2, 0.25) is 0 Å². The molecule has 3 heteroatoms. The molecule has 0 spiro atoms. The third-order valence-corrected chi connectivity index (χ3v) is 5.30. The minimum Gasteiger partial charge on any atom is -0.455 e. The molecule has 132 valence electrons. The molecular formula is C25H14O3. The van der Waals surface area contributed by atoms with Gasteiger partial charge in [-0.1, -0.05) is 60.7 Å². The average Bonchev–Trinajstić information content (AvgIpc) is 3.31. The van der Waals surface area contributed by atoms with Gasteiger partial charge in [0, 0.05) is 21.5 Å². The Morgan fingerprint density at radius 3 is 1.43 bits per heavy atom. The number of benzene rings is 4. The van der Waals surface area contributed by atoms with Crippen molar-refractivity contribution in [1.82, 2.24) is 0 Å². The summed E-state index contributed by atoms with van der Waals surface area (Å²) in [5.74, 6) is -0.102. The molecule has 0 atom stereocenters. The molecular weight excluding hydrogens is 348 g/mol. The van der Waals surface area contributed by atoms with E-state index in [1.165, 1.54) is 0 Å². The van der Waals surface area contributed by atoms with Gasteiger partial charge in [-0.3, -0.25) is 4.79 Å². The molecule has 2 heterocycles. The first-order valence-corrected chi connectivity index (χ1v) is 9.16. The van der Waals surface area contributed by atoms with Gasteiger partial charge in [-0.2, -0.15) is 0 Å². The second-order valence-electron chi connectivity index (χ2n) is 6.89. The van der Waals surface area contributed by atoms with Gasteiger partial charge < -0.3 is 8.83 Å². The summed E-state index contributed by atoms with van der Waals surface area (Å²) in [7, 11) is 0. The predicted octanol–water partition coefficient (Wildman–Crippen LogP) is 6.72. The number of rotatable bonds is 2. The van der Waals surface area contributed by atoms with Crippen molar-refractivity contribution in [2.24, 2.45) is 0 Å². The largest absolute Gasteiger partial charge is 0.455 e. The van der Waals surface area contributed by atoms with Gasteiger partial charge in [-0.15, -0.1) is 0 Å². The lowest BCUT2D eigenvalue weighted by Crippen LogP contribution is -2.02. The van der Waals surface area contributed by atoms with Gasteiger partial charge >= 0.3 is 0 Å². The van der Waals surface area contributed by atoms with Crippen molar-refractivity contribution in [2.45, 2.75) is 0 Å². The Kier molecular flexibility index (Phi) is 3.03. The highest BCUT2D eigenvalue weighted by Gasteiger charge is 2.21. The zero-order valence-corrected chi connectivity index (χ0v) is 14.8. The lowest BCUT2D eigenvalue weighted by atomic mass is 9.99. The van der Waals surface area contributed by atoms with Gasteiger partial charge in [0.25, 0.3) is 0 Å². The van der Waals surface area contributed by atoms with E-state index in [1.54, 1.807) is 0 Å². The Morgan fingerprint density at radius 2 is 0.929 bits per heavy atom. The molecule has 0 fully saturated rings. The molecule has 0 N–H and O–H groups in total. The molecule has 0 aliphatic carbocycles. The zero-order valence-electron chi connectivity index (χ0n) is 14.8. The molecule has 4 aromatic carbocycles. The first-order chi connectivity index (χ1) is 13.8. The summed E-state index contributed by atoms with van der Waals surface area (Å²) in [5.41, 5.74) is 3.87. The standard InChI is InChI=1S/C25H14O3/c26-23(19-11-5-9-17-15-7-1-3-13-21(15)27-24(17)19)20-12-6-10-18-16-8-2-4-14-22(16)28-25(18)20/h1-14H. The quantitative estimate of drug-likeness (QED) is 0.321. The van der Waals surface area contributed by atoms with E-state index in [0.717, 1.165) is 32.7 Å². The Labute approximate surface area is 159 Å². The van der Waals surface area contributed by atoms with E-state index in [2.05, 4.69) is 0 Å². The van der Waals surface area contributed by atoms with Gasteiger partial charge in [0.1, 0.15) is 22.3 Å². The van der Waals surface area contributed by atoms with E-state index in [0.29, 0.717) is 22.3 Å². The molecule has 6 rings (SSSR count). The Hall–Kier alpha value is -3.85. The number of hydrogen-bond donors (Lipinski definition) is 0. The average molecular weight is 362 g/mol. The van der Waals surface area contributed by atoms with Crippen molar-refractivity contribution in [2.75, 3.05) is 0 Å². The predicted molar refractivity (Wildman–Crippen MR) is 111 cm³/mol. The molecule has 28 heavy (non-hydrogen) atoms. The molecule has 0 saturated carbocycles. The lowest BCUT2D eigenvalue weighted by Gasteiger charge is -2.03. The maximum atomic E-state index is 13.5. The molecule has 0 aliphatic rings. The minimum absolute atomic E-state index is 0.102. The molecule has 0 unspecified atom stereocenters. The van der Waals surface area contributed by atoms with Crippen LogP contribution in [0, 0.1) is 0 Å². The van der Waals surface area contributed by atoms with Crippen LogP contribution < -0.4 is 0 Å². The molecule has 0 aliphatic heterocycles. The molecule has 0 radical (unpaired) electrons. The minimum atomic E-state index is -0.102. The molecule has 6 aromatic rings. The van der Waals surface area contributed by atoms with Gasteiger partial charge in [0.05, 0.1) is 11.1 Å². The van der Waals surface area contributed by atoms with Gasteiger partial charge in [-0.05, 0) is 24.3 Å². The molecule has 2 aromatic heterocycles. The highest BCUT2D eigenvalue weighted by molar-refractivity contribution is 6.23.